The van der Waals surface area contributed by atoms with E-state index in [1.54, 1.807) is 35.0 Å². The maximum Gasteiger partial charge on any atom is 0.326 e. The molecule has 1 aliphatic rings. The molecule has 120 valence electrons. The molecule has 4 nitrogen and oxygen atoms in total. The van der Waals surface area contributed by atoms with E-state index in [-0.39, 0.29) is 12.3 Å². The van der Waals surface area contributed by atoms with Crippen molar-refractivity contribution in [2.45, 2.75) is 12.8 Å². The molecule has 3 rings (SSSR count). The van der Waals surface area contributed by atoms with Crippen molar-refractivity contribution in [1.29, 1.82) is 0 Å². The number of urea groups is 1. The van der Waals surface area contributed by atoms with Gasteiger partial charge in [-0.15, -0.1) is 0 Å². The molecule has 0 aromatic heterocycles. The van der Waals surface area contributed by atoms with Crippen LogP contribution in [-0.2, 0) is 11.3 Å². The summed E-state index contributed by atoms with van der Waals surface area (Å²) in [5.41, 5.74) is 1.73. The van der Waals surface area contributed by atoms with Gasteiger partial charge in [-0.25, -0.2) is 4.79 Å². The van der Waals surface area contributed by atoms with Gasteiger partial charge in [0.25, 0.3) is 0 Å². The Morgan fingerprint density at radius 3 is 2.57 bits per heavy atom. The van der Waals surface area contributed by atoms with Crippen molar-refractivity contribution in [3.05, 3.63) is 64.1 Å². The van der Waals surface area contributed by atoms with Crippen LogP contribution in [0.4, 0.5) is 10.5 Å². The predicted octanol–water partition coefficient (Wildman–Crippen LogP) is 4.41. The van der Waals surface area contributed by atoms with Crippen LogP contribution in [0.15, 0.2) is 48.5 Å². The molecule has 1 aliphatic heterocycles. The van der Waals surface area contributed by atoms with E-state index in [1.807, 2.05) is 30.3 Å². The first-order valence-electron chi connectivity index (χ1n) is 7.21. The molecule has 2 aromatic rings. The third-order valence-electron chi connectivity index (χ3n) is 3.72. The van der Waals surface area contributed by atoms with Crippen LogP contribution in [0, 0.1) is 0 Å². The van der Waals surface area contributed by atoms with Gasteiger partial charge in [-0.3, -0.25) is 4.90 Å². The molecule has 2 aromatic carbocycles. The fourth-order valence-electron chi connectivity index (χ4n) is 2.51. The lowest BCUT2D eigenvalue weighted by Crippen LogP contribution is -2.36. The van der Waals surface area contributed by atoms with Crippen LogP contribution >= 0.6 is 23.2 Å². The van der Waals surface area contributed by atoms with Crippen molar-refractivity contribution in [3.8, 4) is 0 Å². The molecule has 2 amide bonds. The molecule has 1 saturated heterocycles. The molecule has 1 fully saturated rings. The Balaban J connectivity index is 1.80. The quantitative estimate of drug-likeness (QED) is 0.818. The van der Waals surface area contributed by atoms with E-state index in [0.717, 1.165) is 5.56 Å². The van der Waals surface area contributed by atoms with Gasteiger partial charge in [-0.2, -0.15) is 0 Å². The molecule has 0 aliphatic carbocycles. The Labute approximate surface area is 145 Å². The van der Waals surface area contributed by atoms with Crippen molar-refractivity contribution >= 4 is 34.9 Å². The van der Waals surface area contributed by atoms with Crippen LogP contribution in [0.3, 0.4) is 0 Å². The Bertz CT molecular complexity index is 709. The molecule has 0 N–H and O–H groups in total. The average molecular weight is 351 g/mol. The highest BCUT2D eigenvalue weighted by Gasteiger charge is 2.37. The highest BCUT2D eigenvalue weighted by atomic mass is 35.5. The van der Waals surface area contributed by atoms with Crippen LogP contribution in [0.5, 0.6) is 0 Å². The number of amides is 2. The molecule has 0 saturated carbocycles. The average Bonchev–Trinajstić information content (AvgIpc) is 2.84. The SMILES string of the molecule is CN1CC(OCc2ccccc2)N(c2ccc(Cl)c(Cl)c2)C1=O. The van der Waals surface area contributed by atoms with Gasteiger partial charge < -0.3 is 9.64 Å². The molecular formula is C17H16Cl2N2O2. The zero-order valence-electron chi connectivity index (χ0n) is 12.6. The van der Waals surface area contributed by atoms with Gasteiger partial charge in [0, 0.05) is 12.7 Å². The Morgan fingerprint density at radius 2 is 1.87 bits per heavy atom. The largest absolute Gasteiger partial charge is 0.351 e. The minimum atomic E-state index is -0.370. The van der Waals surface area contributed by atoms with Gasteiger partial charge >= 0.3 is 6.03 Å². The van der Waals surface area contributed by atoms with Gasteiger partial charge in [0.15, 0.2) is 6.23 Å². The Kier molecular flexibility index (Phi) is 4.76. The van der Waals surface area contributed by atoms with Crippen LogP contribution in [-0.4, -0.2) is 30.8 Å². The van der Waals surface area contributed by atoms with Gasteiger partial charge in [0.05, 0.1) is 23.2 Å². The Hall–Kier alpha value is -1.75. The third-order valence-corrected chi connectivity index (χ3v) is 4.46. The van der Waals surface area contributed by atoms with E-state index in [1.165, 1.54) is 0 Å². The lowest BCUT2D eigenvalue weighted by Gasteiger charge is -2.23. The fraction of sp³-hybridized carbons (Fsp3) is 0.235. The standard InChI is InChI=1S/C17H16Cl2N2O2/c1-20-10-16(23-11-12-5-3-2-4-6-12)21(17(20)22)13-7-8-14(18)15(19)9-13/h2-9,16H,10-11H2,1H3. The summed E-state index contributed by atoms with van der Waals surface area (Å²) in [6.45, 7) is 0.927. The van der Waals surface area contributed by atoms with Crippen LogP contribution in [0.2, 0.25) is 10.0 Å². The lowest BCUT2D eigenvalue weighted by molar-refractivity contribution is 0.0497. The monoisotopic (exact) mass is 350 g/mol. The second-order valence-electron chi connectivity index (χ2n) is 5.38. The van der Waals surface area contributed by atoms with Gasteiger partial charge in [0.1, 0.15) is 0 Å². The second kappa shape index (κ2) is 6.79. The minimum absolute atomic E-state index is 0.124. The van der Waals surface area contributed by atoms with Crippen LogP contribution in [0.1, 0.15) is 5.56 Å². The van der Waals surface area contributed by atoms with Crippen LogP contribution < -0.4 is 4.90 Å². The summed E-state index contributed by atoms with van der Waals surface area (Å²) in [6.07, 6.45) is -0.370. The molecule has 1 heterocycles. The number of hydrogen-bond donors (Lipinski definition) is 0. The molecule has 6 heteroatoms. The topological polar surface area (TPSA) is 32.8 Å². The number of benzene rings is 2. The number of hydrogen-bond acceptors (Lipinski definition) is 2. The number of anilines is 1. The third kappa shape index (κ3) is 3.44. The zero-order chi connectivity index (χ0) is 16.4. The van der Waals surface area contributed by atoms with E-state index >= 15 is 0 Å². The molecular weight excluding hydrogens is 335 g/mol. The van der Waals surface area contributed by atoms with Crippen molar-refractivity contribution < 1.29 is 9.53 Å². The van der Waals surface area contributed by atoms with Gasteiger partial charge in [-0.1, -0.05) is 53.5 Å². The number of carbonyl (C=O) groups excluding carboxylic acids is 1. The first-order valence-corrected chi connectivity index (χ1v) is 7.97. The molecule has 0 spiro atoms. The summed E-state index contributed by atoms with van der Waals surface area (Å²) in [5.74, 6) is 0. The normalized spacial score (nSPS) is 17.9. The molecule has 1 atom stereocenters. The summed E-state index contributed by atoms with van der Waals surface area (Å²) in [6, 6.07) is 14.9. The van der Waals surface area contributed by atoms with Crippen molar-refractivity contribution in [3.63, 3.8) is 0 Å². The summed E-state index contributed by atoms with van der Waals surface area (Å²) < 4.78 is 5.95. The van der Waals surface area contributed by atoms with E-state index in [2.05, 4.69) is 0 Å². The van der Waals surface area contributed by atoms with Crippen molar-refractivity contribution in [2.75, 3.05) is 18.5 Å². The first kappa shape index (κ1) is 16.1. The first-order chi connectivity index (χ1) is 11.1. The summed E-state index contributed by atoms with van der Waals surface area (Å²) in [5, 5.41) is 0.866. The Morgan fingerprint density at radius 1 is 1.13 bits per heavy atom. The number of likely N-dealkylation sites (N-methyl/N-ethyl adjacent to an activating group) is 1. The summed E-state index contributed by atoms with van der Waals surface area (Å²) in [7, 11) is 1.75. The zero-order valence-corrected chi connectivity index (χ0v) is 14.1. The minimum Gasteiger partial charge on any atom is -0.351 e. The van der Waals surface area contributed by atoms with E-state index in [4.69, 9.17) is 27.9 Å². The molecule has 0 radical (unpaired) electrons. The number of carbonyl (C=O) groups is 1. The van der Waals surface area contributed by atoms with E-state index in [0.29, 0.717) is 28.9 Å². The van der Waals surface area contributed by atoms with Crippen molar-refractivity contribution in [1.82, 2.24) is 4.90 Å². The van der Waals surface area contributed by atoms with Gasteiger partial charge in [-0.05, 0) is 23.8 Å². The highest BCUT2D eigenvalue weighted by molar-refractivity contribution is 6.42. The predicted molar refractivity (Wildman–Crippen MR) is 92.0 cm³/mol. The second-order valence-corrected chi connectivity index (χ2v) is 6.20. The van der Waals surface area contributed by atoms with E-state index in [9.17, 15) is 4.79 Å². The number of halogens is 2. The van der Waals surface area contributed by atoms with Crippen LogP contribution in [0.25, 0.3) is 0 Å². The maximum atomic E-state index is 12.4. The highest BCUT2D eigenvalue weighted by Crippen LogP contribution is 2.31. The number of ether oxygens (including phenoxy) is 1. The van der Waals surface area contributed by atoms with Gasteiger partial charge in [0.2, 0.25) is 0 Å². The lowest BCUT2D eigenvalue weighted by atomic mass is 10.2. The molecule has 1 unspecified atom stereocenters. The van der Waals surface area contributed by atoms with E-state index < -0.39 is 0 Å². The number of rotatable bonds is 4. The molecule has 23 heavy (non-hydrogen) atoms. The fourth-order valence-corrected chi connectivity index (χ4v) is 2.80. The van der Waals surface area contributed by atoms with Crippen molar-refractivity contribution in [2.24, 2.45) is 0 Å². The maximum absolute atomic E-state index is 12.4. The number of nitrogens with zero attached hydrogens (tertiary/aromatic N) is 2. The summed E-state index contributed by atoms with van der Waals surface area (Å²) >= 11 is 12.0. The summed E-state index contributed by atoms with van der Waals surface area (Å²) in [4.78, 5) is 15.6. The smallest absolute Gasteiger partial charge is 0.326 e. The molecule has 0 bridgehead atoms.